The van der Waals surface area contributed by atoms with Gasteiger partial charge in [-0.1, -0.05) is 49.1 Å². The van der Waals surface area contributed by atoms with Gasteiger partial charge < -0.3 is 5.73 Å². The smallest absolute Gasteiger partial charge is 0.134 e. The molecule has 0 radical (unpaired) electrons. The summed E-state index contributed by atoms with van der Waals surface area (Å²) in [5, 5.41) is 8.61. The molecule has 4 heteroatoms. The van der Waals surface area contributed by atoms with Crippen molar-refractivity contribution in [2.45, 2.75) is 20.8 Å². The lowest BCUT2D eigenvalue weighted by atomic mass is 10.1. The first-order valence-corrected chi connectivity index (χ1v) is 7.47. The summed E-state index contributed by atoms with van der Waals surface area (Å²) in [5.41, 5.74) is 10.2. The lowest BCUT2D eigenvalue weighted by Gasteiger charge is -2.00. The Labute approximate surface area is 136 Å². The summed E-state index contributed by atoms with van der Waals surface area (Å²) in [4.78, 5) is 4.14. The Bertz CT molecular complexity index is 868. The van der Waals surface area contributed by atoms with Gasteiger partial charge in [-0.25, -0.2) is 4.99 Å². The van der Waals surface area contributed by atoms with Crippen LogP contribution in [0.2, 0.25) is 0 Å². The van der Waals surface area contributed by atoms with Gasteiger partial charge in [-0.15, -0.1) is 0 Å². The Balaban J connectivity index is 2.45. The van der Waals surface area contributed by atoms with Crippen LogP contribution in [0.4, 0.5) is 0 Å². The Morgan fingerprint density at radius 1 is 1.17 bits per heavy atom. The van der Waals surface area contributed by atoms with E-state index in [0.717, 1.165) is 16.5 Å². The lowest BCUT2D eigenvalue weighted by molar-refractivity contribution is 1.05. The van der Waals surface area contributed by atoms with Crippen LogP contribution in [0.25, 0.3) is 23.5 Å². The molecule has 0 saturated carbocycles. The van der Waals surface area contributed by atoms with Crippen LogP contribution < -0.4 is 16.3 Å². The summed E-state index contributed by atoms with van der Waals surface area (Å²) in [7, 11) is 0. The van der Waals surface area contributed by atoms with Crippen molar-refractivity contribution in [2.75, 3.05) is 0 Å². The van der Waals surface area contributed by atoms with Crippen molar-refractivity contribution in [1.29, 1.82) is 0 Å². The average molecular weight is 306 g/mol. The number of H-pyrrole nitrogens is 1. The maximum Gasteiger partial charge on any atom is 0.134 e. The number of aromatic nitrogens is 2. The lowest BCUT2D eigenvalue weighted by Crippen LogP contribution is -2.28. The molecular formula is C19H22N4. The fourth-order valence-corrected chi connectivity index (χ4v) is 2.27. The van der Waals surface area contributed by atoms with E-state index >= 15 is 0 Å². The Kier molecular flexibility index (Phi) is 5.31. The molecule has 1 aromatic heterocycles. The van der Waals surface area contributed by atoms with Gasteiger partial charge in [0.15, 0.2) is 0 Å². The highest BCUT2D eigenvalue weighted by molar-refractivity contribution is 5.71. The van der Waals surface area contributed by atoms with Gasteiger partial charge in [-0.3, -0.25) is 5.10 Å². The quantitative estimate of drug-likeness (QED) is 0.673. The van der Waals surface area contributed by atoms with E-state index < -0.39 is 0 Å². The van der Waals surface area contributed by atoms with E-state index in [2.05, 4.69) is 46.9 Å². The predicted molar refractivity (Wildman–Crippen MR) is 98.9 cm³/mol. The number of nitrogens with zero attached hydrogens (tertiary/aromatic N) is 2. The molecule has 1 heterocycles. The molecule has 0 aliphatic carbocycles. The maximum absolute atomic E-state index is 6.01. The van der Waals surface area contributed by atoms with E-state index in [0.29, 0.717) is 11.2 Å². The summed E-state index contributed by atoms with van der Waals surface area (Å²) in [5.74, 6) is 0.415. The molecule has 1 aromatic carbocycles. The number of hydrogen-bond donors (Lipinski definition) is 2. The van der Waals surface area contributed by atoms with Crippen LogP contribution in [0.15, 0.2) is 47.5 Å². The topological polar surface area (TPSA) is 67.1 Å². The monoisotopic (exact) mass is 306 g/mol. The molecule has 0 atom stereocenters. The second-order valence-electron chi connectivity index (χ2n) is 5.26. The number of benzene rings is 1. The molecule has 23 heavy (non-hydrogen) atoms. The number of nitrogens with two attached hydrogens (primary N) is 1. The van der Waals surface area contributed by atoms with Gasteiger partial charge >= 0.3 is 0 Å². The van der Waals surface area contributed by atoms with Crippen molar-refractivity contribution < 1.29 is 0 Å². The molecule has 0 amide bonds. The number of allylic oxidation sites excluding steroid dienone is 4. The molecule has 2 rings (SSSR count). The van der Waals surface area contributed by atoms with Gasteiger partial charge in [0.2, 0.25) is 0 Å². The van der Waals surface area contributed by atoms with Crippen molar-refractivity contribution in [3.05, 3.63) is 64.3 Å². The van der Waals surface area contributed by atoms with Gasteiger partial charge in [0.05, 0.1) is 16.3 Å². The van der Waals surface area contributed by atoms with Crippen LogP contribution in [0, 0.1) is 0 Å². The summed E-state index contributed by atoms with van der Waals surface area (Å²) in [6.07, 6.45) is 5.76. The zero-order valence-corrected chi connectivity index (χ0v) is 13.8. The van der Waals surface area contributed by atoms with Crippen molar-refractivity contribution in [3.63, 3.8) is 0 Å². The normalized spacial score (nSPS) is 14.4. The second kappa shape index (κ2) is 7.40. The number of aromatic amines is 1. The highest BCUT2D eigenvalue weighted by Crippen LogP contribution is 2.14. The van der Waals surface area contributed by atoms with E-state index in [-0.39, 0.29) is 0 Å². The van der Waals surface area contributed by atoms with Crippen LogP contribution in [-0.2, 0) is 0 Å². The molecule has 0 bridgehead atoms. The predicted octanol–water partition coefficient (Wildman–Crippen LogP) is 2.44. The fraction of sp³-hybridized carbons (Fsp3) is 0.158. The summed E-state index contributed by atoms with van der Waals surface area (Å²) < 4.78 is 0. The fourth-order valence-electron chi connectivity index (χ4n) is 2.27. The third kappa shape index (κ3) is 3.86. The van der Waals surface area contributed by atoms with Crippen LogP contribution >= 0.6 is 0 Å². The SMILES string of the molecule is C=c1[nH]nc(/C(C)=C/C=C(\C)c2ccccc2)/c1=C(N)/N=C\C. The van der Waals surface area contributed by atoms with Crippen molar-refractivity contribution in [1.82, 2.24) is 10.2 Å². The molecule has 0 aliphatic heterocycles. The zero-order valence-electron chi connectivity index (χ0n) is 13.8. The van der Waals surface area contributed by atoms with Gasteiger partial charge in [0.25, 0.3) is 0 Å². The van der Waals surface area contributed by atoms with Crippen LogP contribution in [-0.4, -0.2) is 16.4 Å². The first-order valence-electron chi connectivity index (χ1n) is 7.47. The van der Waals surface area contributed by atoms with Gasteiger partial charge in [0, 0.05) is 6.21 Å². The van der Waals surface area contributed by atoms with E-state index in [1.807, 2.05) is 38.1 Å². The van der Waals surface area contributed by atoms with E-state index in [1.165, 1.54) is 11.1 Å². The standard InChI is InChI=1S/C19H22N4/c1-5-21-19(20)17-15(4)22-23-18(17)14(3)12-11-13(2)16-9-7-6-8-10-16/h5-12,22H,4,20H2,1-3H3/b13-11+,14-12+,19-17+,21-5-. The molecule has 0 spiro atoms. The third-order valence-corrected chi connectivity index (χ3v) is 3.55. The van der Waals surface area contributed by atoms with E-state index in [4.69, 9.17) is 5.73 Å². The summed E-state index contributed by atoms with van der Waals surface area (Å²) in [6, 6.07) is 10.2. The van der Waals surface area contributed by atoms with Crippen LogP contribution in [0.1, 0.15) is 32.0 Å². The molecule has 4 nitrogen and oxygen atoms in total. The summed E-state index contributed by atoms with van der Waals surface area (Å²) in [6.45, 7) is 9.84. The van der Waals surface area contributed by atoms with E-state index in [1.54, 1.807) is 6.21 Å². The molecule has 2 aromatic rings. The Morgan fingerprint density at radius 3 is 2.48 bits per heavy atom. The zero-order chi connectivity index (χ0) is 16.8. The van der Waals surface area contributed by atoms with E-state index in [9.17, 15) is 0 Å². The first kappa shape index (κ1) is 16.5. The highest BCUT2D eigenvalue weighted by Gasteiger charge is 2.06. The first-order chi connectivity index (χ1) is 11.0. The van der Waals surface area contributed by atoms with Crippen molar-refractivity contribution in [2.24, 2.45) is 10.7 Å². The second-order valence-corrected chi connectivity index (χ2v) is 5.26. The van der Waals surface area contributed by atoms with Crippen molar-refractivity contribution >= 4 is 29.8 Å². The number of aliphatic imine (C=N–C) groups is 1. The minimum atomic E-state index is 0.415. The average Bonchev–Trinajstić information content (AvgIpc) is 2.95. The van der Waals surface area contributed by atoms with Crippen LogP contribution in [0.5, 0.6) is 0 Å². The molecular weight excluding hydrogens is 284 g/mol. The molecule has 0 aliphatic rings. The minimum Gasteiger partial charge on any atom is -0.383 e. The summed E-state index contributed by atoms with van der Waals surface area (Å²) >= 11 is 0. The third-order valence-electron chi connectivity index (χ3n) is 3.55. The number of rotatable bonds is 4. The molecule has 0 unspecified atom stereocenters. The van der Waals surface area contributed by atoms with Gasteiger partial charge in [0.1, 0.15) is 5.82 Å². The van der Waals surface area contributed by atoms with Gasteiger partial charge in [-0.2, -0.15) is 5.10 Å². The van der Waals surface area contributed by atoms with Crippen LogP contribution in [0.3, 0.4) is 0 Å². The molecule has 3 N–H and O–H groups in total. The van der Waals surface area contributed by atoms with Crippen molar-refractivity contribution in [3.8, 4) is 0 Å². The molecule has 0 saturated heterocycles. The number of nitrogens with one attached hydrogen (secondary N) is 1. The molecule has 118 valence electrons. The minimum absolute atomic E-state index is 0.415. The highest BCUT2D eigenvalue weighted by atomic mass is 15.1. The maximum atomic E-state index is 6.01. The van der Waals surface area contributed by atoms with Gasteiger partial charge in [-0.05, 0) is 37.5 Å². The molecule has 0 fully saturated rings. The Morgan fingerprint density at radius 2 is 1.83 bits per heavy atom. The number of hydrogen-bond acceptors (Lipinski definition) is 3. The Hall–Kier alpha value is -2.88. The largest absolute Gasteiger partial charge is 0.383 e.